The molecule has 5 heteroatoms. The van der Waals surface area contributed by atoms with E-state index in [1.165, 1.54) is 19.0 Å². The summed E-state index contributed by atoms with van der Waals surface area (Å²) in [6, 6.07) is 3.52. The Morgan fingerprint density at radius 3 is 2.77 bits per heavy atom. The summed E-state index contributed by atoms with van der Waals surface area (Å²) >= 11 is 0. The summed E-state index contributed by atoms with van der Waals surface area (Å²) in [5, 5.41) is 3.03. The molecule has 1 fully saturated rings. The van der Waals surface area contributed by atoms with Gasteiger partial charge >= 0.3 is 0 Å². The number of amides is 2. The minimum absolute atomic E-state index is 0.112. The normalized spacial score (nSPS) is 14.8. The van der Waals surface area contributed by atoms with Gasteiger partial charge in [0.1, 0.15) is 5.69 Å². The lowest BCUT2D eigenvalue weighted by Crippen LogP contribution is -2.33. The van der Waals surface area contributed by atoms with Gasteiger partial charge < -0.3 is 10.2 Å². The van der Waals surface area contributed by atoms with Crippen molar-refractivity contribution in [3.63, 3.8) is 0 Å². The zero-order valence-corrected chi connectivity index (χ0v) is 13.5. The molecule has 0 aliphatic heterocycles. The number of nitrogens with zero attached hydrogens (tertiary/aromatic N) is 2. The van der Waals surface area contributed by atoms with E-state index in [0.717, 1.165) is 25.7 Å². The molecule has 2 rings (SSSR count). The number of pyridine rings is 1. The van der Waals surface area contributed by atoms with E-state index < -0.39 is 0 Å². The molecule has 120 valence electrons. The Labute approximate surface area is 132 Å². The smallest absolute Gasteiger partial charge is 0.272 e. The molecular formula is C17H25N3O2. The predicted octanol–water partition coefficient (Wildman–Crippen LogP) is 2.63. The number of unbranched alkanes of at least 4 members (excludes halogenated alkanes) is 1. The van der Waals surface area contributed by atoms with Crippen LogP contribution in [-0.4, -0.2) is 41.3 Å². The molecule has 0 bridgehead atoms. The fourth-order valence-corrected chi connectivity index (χ4v) is 2.72. The second kappa shape index (κ2) is 7.92. The highest BCUT2D eigenvalue weighted by atomic mass is 16.2. The Morgan fingerprint density at radius 2 is 2.09 bits per heavy atom. The topological polar surface area (TPSA) is 62.3 Å². The lowest BCUT2D eigenvalue weighted by atomic mass is 10.1. The van der Waals surface area contributed by atoms with Crippen molar-refractivity contribution in [2.75, 3.05) is 13.6 Å². The molecule has 1 aromatic rings. The minimum atomic E-state index is -0.135. The molecule has 1 aliphatic rings. The summed E-state index contributed by atoms with van der Waals surface area (Å²) in [6.45, 7) is 2.79. The van der Waals surface area contributed by atoms with Crippen LogP contribution in [0.1, 0.15) is 66.3 Å². The fourth-order valence-electron chi connectivity index (χ4n) is 2.72. The summed E-state index contributed by atoms with van der Waals surface area (Å²) in [4.78, 5) is 30.3. The first kappa shape index (κ1) is 16.5. The van der Waals surface area contributed by atoms with E-state index >= 15 is 0 Å². The molecule has 1 aliphatic carbocycles. The van der Waals surface area contributed by atoms with Gasteiger partial charge in [-0.25, -0.2) is 0 Å². The molecule has 1 aromatic heterocycles. The summed E-state index contributed by atoms with van der Waals surface area (Å²) in [6.07, 6.45) is 7.97. The Kier molecular flexibility index (Phi) is 5.92. The van der Waals surface area contributed by atoms with Gasteiger partial charge in [0.2, 0.25) is 0 Å². The second-order valence-corrected chi connectivity index (χ2v) is 5.96. The maximum Gasteiger partial charge on any atom is 0.272 e. The highest BCUT2D eigenvalue weighted by Gasteiger charge is 2.19. The van der Waals surface area contributed by atoms with Crippen LogP contribution >= 0.6 is 0 Å². The molecule has 2 amide bonds. The maximum absolute atomic E-state index is 12.3. The average Bonchev–Trinajstić information content (AvgIpc) is 3.04. The number of aromatic nitrogens is 1. The first-order chi connectivity index (χ1) is 10.6. The highest BCUT2D eigenvalue weighted by molar-refractivity contribution is 5.98. The first-order valence-electron chi connectivity index (χ1n) is 8.14. The molecule has 0 radical (unpaired) electrons. The van der Waals surface area contributed by atoms with Crippen molar-refractivity contribution in [2.45, 2.75) is 51.5 Å². The number of carbonyl (C=O) groups excluding carboxylic acids is 2. The molecule has 0 unspecified atom stereocenters. The van der Waals surface area contributed by atoms with E-state index in [2.05, 4.69) is 17.2 Å². The Hall–Kier alpha value is -1.91. The molecule has 0 saturated heterocycles. The Bertz CT molecular complexity index is 524. The molecule has 1 heterocycles. The minimum Gasteiger partial charge on any atom is -0.349 e. The average molecular weight is 303 g/mol. The van der Waals surface area contributed by atoms with Crippen LogP contribution < -0.4 is 5.32 Å². The van der Waals surface area contributed by atoms with E-state index in [1.54, 1.807) is 24.1 Å². The van der Waals surface area contributed by atoms with E-state index in [9.17, 15) is 9.59 Å². The summed E-state index contributed by atoms with van der Waals surface area (Å²) in [7, 11) is 1.77. The van der Waals surface area contributed by atoms with Gasteiger partial charge in [-0.3, -0.25) is 14.6 Å². The van der Waals surface area contributed by atoms with Crippen LogP contribution in [0.4, 0.5) is 0 Å². The van der Waals surface area contributed by atoms with Crippen LogP contribution in [0.15, 0.2) is 18.3 Å². The van der Waals surface area contributed by atoms with E-state index in [0.29, 0.717) is 17.8 Å². The van der Waals surface area contributed by atoms with Crippen LogP contribution in [0.25, 0.3) is 0 Å². The summed E-state index contributed by atoms with van der Waals surface area (Å²) < 4.78 is 0. The van der Waals surface area contributed by atoms with Gasteiger partial charge in [0.15, 0.2) is 0 Å². The van der Waals surface area contributed by atoms with Crippen LogP contribution in [0, 0.1) is 0 Å². The molecule has 1 N–H and O–H groups in total. The van der Waals surface area contributed by atoms with Gasteiger partial charge in [-0.05, 0) is 31.4 Å². The van der Waals surface area contributed by atoms with Gasteiger partial charge in [0, 0.05) is 31.4 Å². The van der Waals surface area contributed by atoms with Crippen LogP contribution in [0.5, 0.6) is 0 Å². The van der Waals surface area contributed by atoms with Crippen molar-refractivity contribution >= 4 is 11.8 Å². The van der Waals surface area contributed by atoms with Crippen molar-refractivity contribution in [3.8, 4) is 0 Å². The van der Waals surface area contributed by atoms with Crippen molar-refractivity contribution < 1.29 is 9.59 Å². The zero-order valence-electron chi connectivity index (χ0n) is 13.5. The molecule has 1 saturated carbocycles. The predicted molar refractivity (Wildman–Crippen MR) is 85.8 cm³/mol. The largest absolute Gasteiger partial charge is 0.349 e. The van der Waals surface area contributed by atoms with Crippen molar-refractivity contribution in [2.24, 2.45) is 0 Å². The van der Waals surface area contributed by atoms with E-state index in [4.69, 9.17) is 0 Å². The molecule has 0 spiro atoms. The van der Waals surface area contributed by atoms with Crippen LogP contribution in [-0.2, 0) is 0 Å². The van der Waals surface area contributed by atoms with Gasteiger partial charge in [-0.1, -0.05) is 26.2 Å². The second-order valence-electron chi connectivity index (χ2n) is 5.96. The number of carbonyl (C=O) groups is 2. The number of hydrogen-bond donors (Lipinski definition) is 1. The van der Waals surface area contributed by atoms with Gasteiger partial charge in [-0.15, -0.1) is 0 Å². The summed E-state index contributed by atoms with van der Waals surface area (Å²) in [5.74, 6) is -0.247. The number of hydrogen-bond acceptors (Lipinski definition) is 3. The van der Waals surface area contributed by atoms with Gasteiger partial charge in [0.05, 0.1) is 0 Å². The standard InChI is InChI=1S/C17H25N3O2/c1-3-4-11-20(2)17(22)15-12-13(9-10-18-15)16(21)19-14-7-5-6-8-14/h9-10,12,14H,3-8,11H2,1-2H3,(H,19,21). The molecular weight excluding hydrogens is 278 g/mol. The maximum atomic E-state index is 12.3. The van der Waals surface area contributed by atoms with E-state index in [1.807, 2.05) is 0 Å². The lowest BCUT2D eigenvalue weighted by molar-refractivity contribution is 0.0787. The van der Waals surface area contributed by atoms with Crippen LogP contribution in [0.2, 0.25) is 0 Å². The number of rotatable bonds is 6. The zero-order chi connectivity index (χ0) is 15.9. The third-order valence-corrected chi connectivity index (χ3v) is 4.13. The Balaban J connectivity index is 2.02. The van der Waals surface area contributed by atoms with Gasteiger partial charge in [0.25, 0.3) is 11.8 Å². The van der Waals surface area contributed by atoms with Crippen molar-refractivity contribution in [1.29, 1.82) is 0 Å². The van der Waals surface area contributed by atoms with Crippen molar-refractivity contribution in [3.05, 3.63) is 29.6 Å². The molecule has 22 heavy (non-hydrogen) atoms. The third-order valence-electron chi connectivity index (χ3n) is 4.13. The Morgan fingerprint density at radius 1 is 1.36 bits per heavy atom. The monoisotopic (exact) mass is 303 g/mol. The molecule has 5 nitrogen and oxygen atoms in total. The molecule has 0 atom stereocenters. The highest BCUT2D eigenvalue weighted by Crippen LogP contribution is 2.18. The van der Waals surface area contributed by atoms with Crippen molar-refractivity contribution in [1.82, 2.24) is 15.2 Å². The quantitative estimate of drug-likeness (QED) is 0.878. The van der Waals surface area contributed by atoms with E-state index in [-0.39, 0.29) is 17.9 Å². The third kappa shape index (κ3) is 4.29. The lowest BCUT2D eigenvalue weighted by Gasteiger charge is -2.16. The fraction of sp³-hybridized carbons (Fsp3) is 0.588. The van der Waals surface area contributed by atoms with Gasteiger partial charge in [-0.2, -0.15) is 0 Å². The van der Waals surface area contributed by atoms with Crippen LogP contribution in [0.3, 0.4) is 0 Å². The number of nitrogens with one attached hydrogen (secondary N) is 1. The molecule has 0 aromatic carbocycles. The SMILES string of the molecule is CCCCN(C)C(=O)c1cc(C(=O)NC2CCCC2)ccn1. The first-order valence-corrected chi connectivity index (χ1v) is 8.14. The summed E-state index contributed by atoms with van der Waals surface area (Å²) in [5.41, 5.74) is 0.840.